The quantitative estimate of drug-likeness (QED) is 0.788. The van der Waals surface area contributed by atoms with E-state index in [1.165, 1.54) is 5.69 Å². The standard InChI is InChI=1S/C11H19NOS/c1-3-5-11(13)7-4-6-10-8-14-9(2)12-10/h8,11,13H,3-7H2,1-2H3. The molecule has 3 heteroatoms. The van der Waals surface area contributed by atoms with Crippen LogP contribution in [0.15, 0.2) is 5.38 Å². The smallest absolute Gasteiger partial charge is 0.0897 e. The third kappa shape index (κ3) is 4.20. The summed E-state index contributed by atoms with van der Waals surface area (Å²) < 4.78 is 0. The number of hydrogen-bond acceptors (Lipinski definition) is 3. The molecule has 0 aromatic carbocycles. The normalized spacial score (nSPS) is 13.1. The first-order valence-electron chi connectivity index (χ1n) is 5.31. The van der Waals surface area contributed by atoms with Crippen LogP contribution in [0.1, 0.15) is 43.3 Å². The molecule has 1 unspecified atom stereocenters. The first-order chi connectivity index (χ1) is 6.72. The molecule has 1 aromatic rings. The average Bonchev–Trinajstić information content (AvgIpc) is 2.52. The minimum absolute atomic E-state index is 0.111. The third-order valence-electron chi connectivity index (χ3n) is 2.26. The van der Waals surface area contributed by atoms with Gasteiger partial charge in [-0.1, -0.05) is 13.3 Å². The molecule has 1 heterocycles. The molecule has 1 N–H and O–H groups in total. The molecule has 0 fully saturated rings. The maximum absolute atomic E-state index is 9.51. The molecule has 80 valence electrons. The predicted molar refractivity (Wildman–Crippen MR) is 60.7 cm³/mol. The largest absolute Gasteiger partial charge is 0.393 e. The molecule has 0 amide bonds. The van der Waals surface area contributed by atoms with Crippen LogP contribution in [-0.2, 0) is 6.42 Å². The first kappa shape index (κ1) is 11.7. The second kappa shape index (κ2) is 6.14. The number of aliphatic hydroxyl groups is 1. The maximum atomic E-state index is 9.51. The Balaban J connectivity index is 2.15. The van der Waals surface area contributed by atoms with Crippen molar-refractivity contribution >= 4 is 11.3 Å². The van der Waals surface area contributed by atoms with Crippen LogP contribution in [0, 0.1) is 6.92 Å². The van der Waals surface area contributed by atoms with Crippen LogP contribution in [-0.4, -0.2) is 16.2 Å². The van der Waals surface area contributed by atoms with Crippen molar-refractivity contribution in [3.63, 3.8) is 0 Å². The number of aryl methyl sites for hydroxylation is 2. The van der Waals surface area contributed by atoms with Crippen LogP contribution < -0.4 is 0 Å². The van der Waals surface area contributed by atoms with Gasteiger partial charge in [0, 0.05) is 5.38 Å². The van der Waals surface area contributed by atoms with Crippen molar-refractivity contribution in [1.29, 1.82) is 0 Å². The summed E-state index contributed by atoms with van der Waals surface area (Å²) in [6.07, 6.45) is 4.84. The Hall–Kier alpha value is -0.410. The molecule has 0 aliphatic heterocycles. The van der Waals surface area contributed by atoms with Gasteiger partial charge in [0.15, 0.2) is 0 Å². The molecule has 0 radical (unpaired) electrons. The Labute approximate surface area is 90.0 Å². The Bertz CT molecular complexity index is 260. The second-order valence-corrected chi connectivity index (χ2v) is 4.75. The van der Waals surface area contributed by atoms with Crippen molar-refractivity contribution in [2.45, 2.75) is 52.1 Å². The zero-order valence-corrected chi connectivity index (χ0v) is 9.81. The van der Waals surface area contributed by atoms with E-state index >= 15 is 0 Å². The van der Waals surface area contributed by atoms with Crippen molar-refractivity contribution in [2.75, 3.05) is 0 Å². The Kier molecular flexibility index (Phi) is 5.12. The van der Waals surface area contributed by atoms with E-state index in [1.54, 1.807) is 11.3 Å². The molecule has 0 saturated carbocycles. The zero-order chi connectivity index (χ0) is 10.4. The summed E-state index contributed by atoms with van der Waals surface area (Å²) in [4.78, 5) is 4.39. The van der Waals surface area contributed by atoms with Crippen molar-refractivity contribution in [1.82, 2.24) is 4.98 Å². The van der Waals surface area contributed by atoms with E-state index in [0.717, 1.165) is 37.1 Å². The highest BCUT2D eigenvalue weighted by molar-refractivity contribution is 7.09. The minimum Gasteiger partial charge on any atom is -0.393 e. The van der Waals surface area contributed by atoms with Crippen molar-refractivity contribution < 1.29 is 5.11 Å². The van der Waals surface area contributed by atoms with Gasteiger partial charge < -0.3 is 5.11 Å². The fourth-order valence-electron chi connectivity index (χ4n) is 1.52. The molecule has 1 aromatic heterocycles. The highest BCUT2D eigenvalue weighted by atomic mass is 32.1. The molecule has 0 saturated heterocycles. The molecular weight excluding hydrogens is 194 g/mol. The summed E-state index contributed by atoms with van der Waals surface area (Å²) in [5, 5.41) is 12.8. The summed E-state index contributed by atoms with van der Waals surface area (Å²) in [7, 11) is 0. The molecule has 14 heavy (non-hydrogen) atoms. The SMILES string of the molecule is CCCC(O)CCCc1csc(C)n1. The molecule has 0 aliphatic rings. The van der Waals surface area contributed by atoms with E-state index in [1.807, 2.05) is 6.92 Å². The summed E-state index contributed by atoms with van der Waals surface area (Å²) in [5.74, 6) is 0. The van der Waals surface area contributed by atoms with Gasteiger partial charge in [0.1, 0.15) is 0 Å². The summed E-state index contributed by atoms with van der Waals surface area (Å²) >= 11 is 1.70. The number of nitrogens with zero attached hydrogens (tertiary/aromatic N) is 1. The molecular formula is C11H19NOS. The third-order valence-corrected chi connectivity index (χ3v) is 3.08. The first-order valence-corrected chi connectivity index (χ1v) is 6.19. The van der Waals surface area contributed by atoms with Crippen LogP contribution in [0.2, 0.25) is 0 Å². The average molecular weight is 213 g/mol. The predicted octanol–water partition coefficient (Wildman–Crippen LogP) is 2.94. The lowest BCUT2D eigenvalue weighted by molar-refractivity contribution is 0.151. The van der Waals surface area contributed by atoms with Gasteiger partial charge in [0.05, 0.1) is 16.8 Å². The highest BCUT2D eigenvalue weighted by Crippen LogP contribution is 2.12. The number of rotatable bonds is 6. The Morgan fingerprint density at radius 3 is 2.86 bits per heavy atom. The Morgan fingerprint density at radius 2 is 2.29 bits per heavy atom. The van der Waals surface area contributed by atoms with E-state index in [4.69, 9.17) is 0 Å². The van der Waals surface area contributed by atoms with E-state index in [-0.39, 0.29) is 6.10 Å². The van der Waals surface area contributed by atoms with Gasteiger partial charge in [-0.25, -0.2) is 4.98 Å². The van der Waals surface area contributed by atoms with Crippen molar-refractivity contribution in [3.05, 3.63) is 16.1 Å². The van der Waals surface area contributed by atoms with Crippen molar-refractivity contribution in [3.8, 4) is 0 Å². The van der Waals surface area contributed by atoms with Crippen LogP contribution in [0.25, 0.3) is 0 Å². The van der Waals surface area contributed by atoms with Crippen LogP contribution in [0.5, 0.6) is 0 Å². The lowest BCUT2D eigenvalue weighted by Crippen LogP contribution is -2.05. The van der Waals surface area contributed by atoms with Crippen LogP contribution in [0.4, 0.5) is 0 Å². The lowest BCUT2D eigenvalue weighted by Gasteiger charge is -2.07. The van der Waals surface area contributed by atoms with Crippen molar-refractivity contribution in [2.24, 2.45) is 0 Å². The number of hydrogen-bond donors (Lipinski definition) is 1. The van der Waals surface area contributed by atoms with E-state index in [0.29, 0.717) is 0 Å². The number of aliphatic hydroxyl groups excluding tert-OH is 1. The Morgan fingerprint density at radius 1 is 1.50 bits per heavy atom. The second-order valence-electron chi connectivity index (χ2n) is 3.69. The van der Waals surface area contributed by atoms with E-state index in [2.05, 4.69) is 17.3 Å². The molecule has 1 rings (SSSR count). The van der Waals surface area contributed by atoms with Crippen LogP contribution >= 0.6 is 11.3 Å². The molecule has 1 atom stereocenters. The van der Waals surface area contributed by atoms with Gasteiger partial charge in [-0.2, -0.15) is 0 Å². The summed E-state index contributed by atoms with van der Waals surface area (Å²) in [6, 6.07) is 0. The zero-order valence-electron chi connectivity index (χ0n) is 8.99. The molecule has 2 nitrogen and oxygen atoms in total. The monoisotopic (exact) mass is 213 g/mol. The lowest BCUT2D eigenvalue weighted by atomic mass is 10.1. The van der Waals surface area contributed by atoms with Gasteiger partial charge in [-0.05, 0) is 32.6 Å². The van der Waals surface area contributed by atoms with E-state index in [9.17, 15) is 5.11 Å². The number of aromatic nitrogens is 1. The van der Waals surface area contributed by atoms with Gasteiger partial charge in [0.2, 0.25) is 0 Å². The number of thiazole rings is 1. The fourth-order valence-corrected chi connectivity index (χ4v) is 2.17. The maximum Gasteiger partial charge on any atom is 0.0897 e. The van der Waals surface area contributed by atoms with Gasteiger partial charge in [0.25, 0.3) is 0 Å². The topological polar surface area (TPSA) is 33.1 Å². The molecule has 0 spiro atoms. The highest BCUT2D eigenvalue weighted by Gasteiger charge is 2.03. The van der Waals surface area contributed by atoms with Gasteiger partial charge in [-0.3, -0.25) is 0 Å². The minimum atomic E-state index is -0.111. The van der Waals surface area contributed by atoms with Gasteiger partial charge in [-0.15, -0.1) is 11.3 Å². The van der Waals surface area contributed by atoms with E-state index < -0.39 is 0 Å². The van der Waals surface area contributed by atoms with Gasteiger partial charge >= 0.3 is 0 Å². The fraction of sp³-hybridized carbons (Fsp3) is 0.727. The summed E-state index contributed by atoms with van der Waals surface area (Å²) in [6.45, 7) is 4.13. The molecule has 0 aliphatic carbocycles. The molecule has 0 bridgehead atoms. The van der Waals surface area contributed by atoms with Crippen LogP contribution in [0.3, 0.4) is 0 Å². The summed E-state index contributed by atoms with van der Waals surface area (Å²) in [5.41, 5.74) is 1.18.